The van der Waals surface area contributed by atoms with Crippen molar-refractivity contribution in [1.82, 2.24) is 0 Å². The SMILES string of the molecule is COc1ccc(CC(=O)N2c3ccc(OCc4ccccc4)cc3[C@H](CC(=O)O)[C@H]2C)cc1OC. The fraction of sp³-hybridized carbons (Fsp3) is 0.286. The molecule has 0 bridgehead atoms. The molecular formula is C28H29NO6. The van der Waals surface area contributed by atoms with Crippen molar-refractivity contribution in [3.63, 3.8) is 0 Å². The van der Waals surface area contributed by atoms with E-state index in [0.717, 1.165) is 22.4 Å². The minimum atomic E-state index is -0.905. The van der Waals surface area contributed by atoms with E-state index in [9.17, 15) is 14.7 Å². The molecule has 1 amide bonds. The minimum Gasteiger partial charge on any atom is -0.493 e. The highest BCUT2D eigenvalue weighted by Crippen LogP contribution is 2.45. The number of hydrogen-bond donors (Lipinski definition) is 1. The molecule has 182 valence electrons. The number of hydrogen-bond acceptors (Lipinski definition) is 5. The van der Waals surface area contributed by atoms with Crippen molar-refractivity contribution < 1.29 is 28.9 Å². The Kier molecular flexibility index (Phi) is 7.25. The highest BCUT2D eigenvalue weighted by Gasteiger charge is 2.40. The molecule has 1 aliphatic rings. The Morgan fingerprint density at radius 2 is 1.66 bits per heavy atom. The first-order chi connectivity index (χ1) is 16.9. The van der Waals surface area contributed by atoms with E-state index in [-0.39, 0.29) is 30.7 Å². The van der Waals surface area contributed by atoms with Gasteiger partial charge in [0.2, 0.25) is 5.91 Å². The van der Waals surface area contributed by atoms with Gasteiger partial charge in [0, 0.05) is 17.6 Å². The summed E-state index contributed by atoms with van der Waals surface area (Å²) in [5.74, 6) is 0.431. The van der Waals surface area contributed by atoms with Crippen molar-refractivity contribution in [1.29, 1.82) is 0 Å². The molecule has 0 saturated carbocycles. The Balaban J connectivity index is 1.59. The van der Waals surface area contributed by atoms with Gasteiger partial charge in [0.15, 0.2) is 11.5 Å². The number of aliphatic carboxylic acids is 1. The summed E-state index contributed by atoms with van der Waals surface area (Å²) in [6.45, 7) is 2.30. The Bertz CT molecular complexity index is 1210. The third-order valence-electron chi connectivity index (χ3n) is 6.36. The first-order valence-corrected chi connectivity index (χ1v) is 11.5. The number of carboxylic acids is 1. The number of carbonyl (C=O) groups excluding carboxylic acids is 1. The lowest BCUT2D eigenvalue weighted by Gasteiger charge is -2.25. The van der Waals surface area contributed by atoms with Crippen LogP contribution in [-0.4, -0.2) is 37.2 Å². The molecule has 3 aromatic carbocycles. The van der Waals surface area contributed by atoms with Crippen LogP contribution in [0.2, 0.25) is 0 Å². The molecule has 3 aromatic rings. The van der Waals surface area contributed by atoms with Gasteiger partial charge in [-0.3, -0.25) is 9.59 Å². The first kappa shape index (κ1) is 24.1. The fourth-order valence-corrected chi connectivity index (χ4v) is 4.62. The van der Waals surface area contributed by atoms with Crippen molar-refractivity contribution in [2.75, 3.05) is 19.1 Å². The van der Waals surface area contributed by atoms with Crippen LogP contribution in [0.3, 0.4) is 0 Å². The van der Waals surface area contributed by atoms with Crippen LogP contribution in [0, 0.1) is 0 Å². The Morgan fingerprint density at radius 3 is 2.34 bits per heavy atom. The van der Waals surface area contributed by atoms with Crippen LogP contribution < -0.4 is 19.1 Å². The summed E-state index contributed by atoms with van der Waals surface area (Å²) in [7, 11) is 3.11. The zero-order valence-corrected chi connectivity index (χ0v) is 20.1. The Labute approximate surface area is 204 Å². The predicted octanol–water partition coefficient (Wildman–Crippen LogP) is 4.82. The average molecular weight is 476 g/mol. The van der Waals surface area contributed by atoms with Crippen LogP contribution in [0.1, 0.15) is 36.0 Å². The summed E-state index contributed by atoms with van der Waals surface area (Å²) in [5, 5.41) is 9.55. The van der Waals surface area contributed by atoms with Gasteiger partial charge in [0.1, 0.15) is 12.4 Å². The third kappa shape index (κ3) is 5.24. The van der Waals surface area contributed by atoms with E-state index in [1.807, 2.05) is 61.5 Å². The number of carbonyl (C=O) groups is 2. The van der Waals surface area contributed by atoms with Crippen LogP contribution in [0.25, 0.3) is 0 Å². The highest BCUT2D eigenvalue weighted by atomic mass is 16.5. The zero-order chi connectivity index (χ0) is 24.9. The molecule has 4 rings (SSSR count). The molecule has 7 heteroatoms. The van der Waals surface area contributed by atoms with Gasteiger partial charge in [-0.15, -0.1) is 0 Å². The summed E-state index contributed by atoms with van der Waals surface area (Å²) >= 11 is 0. The molecule has 0 saturated heterocycles. The number of carboxylic acid groups (broad SMARTS) is 1. The molecular weight excluding hydrogens is 446 g/mol. The van der Waals surface area contributed by atoms with Crippen LogP contribution in [-0.2, 0) is 22.6 Å². The minimum absolute atomic E-state index is 0.0730. The predicted molar refractivity (Wildman–Crippen MR) is 132 cm³/mol. The van der Waals surface area contributed by atoms with Gasteiger partial charge >= 0.3 is 5.97 Å². The van der Waals surface area contributed by atoms with E-state index in [1.165, 1.54) is 0 Å². The van der Waals surface area contributed by atoms with E-state index in [4.69, 9.17) is 14.2 Å². The topological polar surface area (TPSA) is 85.3 Å². The number of rotatable bonds is 9. The molecule has 0 unspecified atom stereocenters. The molecule has 2 atom stereocenters. The van der Waals surface area contributed by atoms with Crippen molar-refractivity contribution in [2.45, 2.75) is 38.3 Å². The van der Waals surface area contributed by atoms with Crippen molar-refractivity contribution in [2.24, 2.45) is 0 Å². The number of fused-ring (bicyclic) bond motifs is 1. The van der Waals surface area contributed by atoms with E-state index in [1.54, 1.807) is 31.3 Å². The number of nitrogens with zero attached hydrogens (tertiary/aromatic N) is 1. The molecule has 0 radical (unpaired) electrons. The van der Waals surface area contributed by atoms with Gasteiger partial charge in [-0.2, -0.15) is 0 Å². The van der Waals surface area contributed by atoms with Gasteiger partial charge in [-0.05, 0) is 53.9 Å². The van der Waals surface area contributed by atoms with Crippen molar-refractivity contribution in [3.05, 3.63) is 83.4 Å². The van der Waals surface area contributed by atoms with Crippen LogP contribution in [0.5, 0.6) is 17.2 Å². The second kappa shape index (κ2) is 10.5. The van der Waals surface area contributed by atoms with Gasteiger partial charge in [0.25, 0.3) is 0 Å². The number of ether oxygens (including phenoxy) is 3. The van der Waals surface area contributed by atoms with E-state index in [2.05, 4.69) is 0 Å². The van der Waals surface area contributed by atoms with E-state index in [0.29, 0.717) is 23.9 Å². The molecule has 0 aromatic heterocycles. The highest BCUT2D eigenvalue weighted by molar-refractivity contribution is 5.98. The average Bonchev–Trinajstić information content (AvgIpc) is 3.13. The fourth-order valence-electron chi connectivity index (χ4n) is 4.62. The van der Waals surface area contributed by atoms with Crippen molar-refractivity contribution >= 4 is 17.6 Å². The first-order valence-electron chi connectivity index (χ1n) is 11.5. The second-order valence-corrected chi connectivity index (χ2v) is 8.57. The maximum atomic E-state index is 13.4. The maximum Gasteiger partial charge on any atom is 0.304 e. The third-order valence-corrected chi connectivity index (χ3v) is 6.36. The molecule has 1 aliphatic heterocycles. The normalized spacial score (nSPS) is 16.5. The van der Waals surface area contributed by atoms with Crippen molar-refractivity contribution in [3.8, 4) is 17.2 Å². The standard InChI is InChI=1S/C28H29NO6/c1-18-22(16-28(31)32)23-15-21(35-17-19-7-5-4-6-8-19)10-11-24(23)29(18)27(30)14-20-9-12-25(33-2)26(13-20)34-3/h4-13,15,18,22H,14,16-17H2,1-3H3,(H,31,32)/t18-,22-/m1/s1. The molecule has 0 fully saturated rings. The summed E-state index contributed by atoms with van der Waals surface area (Å²) in [6, 6.07) is 20.4. The zero-order valence-electron chi connectivity index (χ0n) is 20.1. The molecule has 0 aliphatic carbocycles. The molecule has 7 nitrogen and oxygen atoms in total. The monoisotopic (exact) mass is 475 g/mol. The van der Waals surface area contributed by atoms with Crippen LogP contribution >= 0.6 is 0 Å². The summed E-state index contributed by atoms with van der Waals surface area (Å²) in [6.07, 6.45) is 0.0760. The van der Waals surface area contributed by atoms with E-state index < -0.39 is 5.97 Å². The van der Waals surface area contributed by atoms with Gasteiger partial charge in [-0.1, -0.05) is 36.4 Å². The molecule has 0 spiro atoms. The lowest BCUT2D eigenvalue weighted by molar-refractivity contribution is -0.137. The lowest BCUT2D eigenvalue weighted by atomic mass is 9.92. The number of anilines is 1. The molecule has 35 heavy (non-hydrogen) atoms. The largest absolute Gasteiger partial charge is 0.493 e. The Hall–Kier alpha value is -4.00. The van der Waals surface area contributed by atoms with E-state index >= 15 is 0 Å². The van der Waals surface area contributed by atoms with Crippen LogP contribution in [0.4, 0.5) is 5.69 Å². The molecule has 1 heterocycles. The Morgan fingerprint density at radius 1 is 0.914 bits per heavy atom. The number of methoxy groups -OCH3 is 2. The van der Waals surface area contributed by atoms with Gasteiger partial charge in [0.05, 0.1) is 27.1 Å². The maximum absolute atomic E-state index is 13.4. The number of amides is 1. The van der Waals surface area contributed by atoms with Gasteiger partial charge in [-0.25, -0.2) is 0 Å². The summed E-state index contributed by atoms with van der Waals surface area (Å²) in [4.78, 5) is 26.8. The number of benzene rings is 3. The lowest BCUT2D eigenvalue weighted by Crippen LogP contribution is -2.38. The quantitative estimate of drug-likeness (QED) is 0.478. The summed E-state index contributed by atoms with van der Waals surface area (Å²) < 4.78 is 16.6. The summed E-state index contributed by atoms with van der Waals surface area (Å²) in [5.41, 5.74) is 3.36. The van der Waals surface area contributed by atoms with Gasteiger partial charge < -0.3 is 24.2 Å². The molecule has 1 N–H and O–H groups in total. The smallest absolute Gasteiger partial charge is 0.304 e. The van der Waals surface area contributed by atoms with Crippen LogP contribution in [0.15, 0.2) is 66.7 Å². The second-order valence-electron chi connectivity index (χ2n) is 8.57.